The number of aromatic nitrogens is 2. The molecule has 0 aliphatic carbocycles. The molecule has 0 bridgehead atoms. The summed E-state index contributed by atoms with van der Waals surface area (Å²) >= 11 is 0. The van der Waals surface area contributed by atoms with Gasteiger partial charge < -0.3 is 4.98 Å². The van der Waals surface area contributed by atoms with Crippen LogP contribution in [-0.4, -0.2) is 9.97 Å². The molecule has 0 atom stereocenters. The third-order valence-electron chi connectivity index (χ3n) is 5.42. The van der Waals surface area contributed by atoms with Crippen LogP contribution in [-0.2, 0) is 0 Å². The molecule has 0 saturated carbocycles. The highest BCUT2D eigenvalue weighted by Crippen LogP contribution is 2.36. The van der Waals surface area contributed by atoms with Gasteiger partial charge in [-0.3, -0.25) is 0 Å². The third-order valence-corrected chi connectivity index (χ3v) is 5.42. The van der Waals surface area contributed by atoms with E-state index in [1.807, 2.05) is 18.2 Å². The van der Waals surface area contributed by atoms with Crippen molar-refractivity contribution in [2.75, 3.05) is 0 Å². The molecule has 1 heterocycles. The summed E-state index contributed by atoms with van der Waals surface area (Å²) in [7, 11) is 0. The molecule has 0 unspecified atom stereocenters. The van der Waals surface area contributed by atoms with E-state index < -0.39 is 0 Å². The number of nitrogens with zero attached hydrogens (tertiary/aromatic N) is 1. The average Bonchev–Trinajstić information content (AvgIpc) is 3.21. The number of nitrogens with one attached hydrogen (secondary N) is 1. The Balaban J connectivity index is 1.77. The van der Waals surface area contributed by atoms with Crippen molar-refractivity contribution in [3.05, 3.63) is 102 Å². The van der Waals surface area contributed by atoms with E-state index in [1.165, 1.54) is 27.8 Å². The van der Waals surface area contributed by atoms with Gasteiger partial charge in [0.2, 0.25) is 0 Å². The van der Waals surface area contributed by atoms with Crippen LogP contribution in [0.25, 0.3) is 44.7 Å². The van der Waals surface area contributed by atoms with Crippen LogP contribution in [0.1, 0.15) is 11.1 Å². The van der Waals surface area contributed by atoms with Crippen molar-refractivity contribution in [1.29, 1.82) is 0 Å². The normalized spacial score (nSPS) is 11.1. The number of imidazole rings is 1. The minimum absolute atomic E-state index is 0.897. The number of aromatic amines is 1. The van der Waals surface area contributed by atoms with E-state index in [1.54, 1.807) is 0 Å². The standard InChI is InChI=1S/C27H22N2/c1-18-8-12-20(13-9-18)23-16-17-24(21-14-10-19(2)11-15-21)26-25(23)28-27(29-26)22-6-4-3-5-7-22/h3-17H,1-2H3,(H,28,29). The Bertz CT molecular complexity index is 1200. The molecule has 0 fully saturated rings. The number of rotatable bonds is 3. The van der Waals surface area contributed by atoms with E-state index in [0.29, 0.717) is 0 Å². The van der Waals surface area contributed by atoms with E-state index in [-0.39, 0.29) is 0 Å². The Kier molecular flexibility index (Phi) is 4.25. The maximum Gasteiger partial charge on any atom is 0.138 e. The summed E-state index contributed by atoms with van der Waals surface area (Å²) in [6.45, 7) is 4.23. The molecular formula is C27H22N2. The SMILES string of the molecule is Cc1ccc(-c2ccc(-c3ccc(C)cc3)c3[nH]c(-c4ccccc4)nc23)cc1. The summed E-state index contributed by atoms with van der Waals surface area (Å²) < 4.78 is 0. The first-order chi connectivity index (χ1) is 14.2. The number of H-pyrrole nitrogens is 1. The van der Waals surface area contributed by atoms with Crippen LogP contribution >= 0.6 is 0 Å². The molecule has 0 radical (unpaired) electrons. The lowest BCUT2D eigenvalue weighted by atomic mass is 9.97. The number of aryl methyl sites for hydroxylation is 2. The quantitative estimate of drug-likeness (QED) is 0.356. The highest BCUT2D eigenvalue weighted by molar-refractivity contribution is 6.02. The van der Waals surface area contributed by atoms with Gasteiger partial charge in [0.25, 0.3) is 0 Å². The Morgan fingerprint density at radius 1 is 0.552 bits per heavy atom. The van der Waals surface area contributed by atoms with E-state index in [2.05, 4.69) is 91.6 Å². The second-order valence-corrected chi connectivity index (χ2v) is 7.57. The van der Waals surface area contributed by atoms with Gasteiger partial charge in [-0.15, -0.1) is 0 Å². The van der Waals surface area contributed by atoms with Crippen molar-refractivity contribution in [2.24, 2.45) is 0 Å². The highest BCUT2D eigenvalue weighted by atomic mass is 14.9. The van der Waals surface area contributed by atoms with Crippen LogP contribution in [0.4, 0.5) is 0 Å². The van der Waals surface area contributed by atoms with Crippen LogP contribution in [0.15, 0.2) is 91.0 Å². The van der Waals surface area contributed by atoms with Gasteiger partial charge in [0.15, 0.2) is 0 Å². The number of hydrogen-bond acceptors (Lipinski definition) is 1. The Morgan fingerprint density at radius 3 is 1.72 bits per heavy atom. The van der Waals surface area contributed by atoms with Crippen LogP contribution < -0.4 is 0 Å². The van der Waals surface area contributed by atoms with Gasteiger partial charge in [-0.2, -0.15) is 0 Å². The third kappa shape index (κ3) is 3.23. The molecule has 2 heteroatoms. The molecule has 0 saturated heterocycles. The lowest BCUT2D eigenvalue weighted by Crippen LogP contribution is -1.86. The summed E-state index contributed by atoms with van der Waals surface area (Å²) in [5.74, 6) is 0.897. The molecule has 2 nitrogen and oxygen atoms in total. The van der Waals surface area contributed by atoms with Crippen molar-refractivity contribution < 1.29 is 0 Å². The molecule has 29 heavy (non-hydrogen) atoms. The molecule has 5 aromatic rings. The minimum Gasteiger partial charge on any atom is -0.337 e. The van der Waals surface area contributed by atoms with Crippen LogP contribution in [0, 0.1) is 13.8 Å². The second kappa shape index (κ2) is 7.06. The maximum atomic E-state index is 5.03. The van der Waals surface area contributed by atoms with Crippen molar-refractivity contribution in [2.45, 2.75) is 13.8 Å². The van der Waals surface area contributed by atoms with Gasteiger partial charge in [-0.05, 0) is 25.0 Å². The molecule has 0 aliphatic heterocycles. The Labute approximate surface area is 170 Å². The predicted molar refractivity (Wildman–Crippen MR) is 122 cm³/mol. The van der Waals surface area contributed by atoms with Crippen molar-refractivity contribution in [1.82, 2.24) is 9.97 Å². The maximum absolute atomic E-state index is 5.03. The molecule has 5 rings (SSSR count). The van der Waals surface area contributed by atoms with Gasteiger partial charge in [0.1, 0.15) is 5.82 Å². The van der Waals surface area contributed by atoms with E-state index in [4.69, 9.17) is 4.98 Å². The summed E-state index contributed by atoms with van der Waals surface area (Å²) in [6.07, 6.45) is 0. The van der Waals surface area contributed by atoms with E-state index in [9.17, 15) is 0 Å². The van der Waals surface area contributed by atoms with Crippen molar-refractivity contribution in [3.8, 4) is 33.6 Å². The zero-order chi connectivity index (χ0) is 19.8. The molecule has 4 aromatic carbocycles. The zero-order valence-corrected chi connectivity index (χ0v) is 16.6. The van der Waals surface area contributed by atoms with Gasteiger partial charge in [-0.1, -0.05) is 102 Å². The Hall–Kier alpha value is -3.65. The first-order valence-electron chi connectivity index (χ1n) is 9.91. The van der Waals surface area contributed by atoms with Gasteiger partial charge in [0, 0.05) is 16.7 Å². The molecule has 1 N–H and O–H groups in total. The molecule has 0 amide bonds. The smallest absolute Gasteiger partial charge is 0.138 e. The highest BCUT2D eigenvalue weighted by Gasteiger charge is 2.15. The minimum atomic E-state index is 0.897. The van der Waals surface area contributed by atoms with Crippen LogP contribution in [0.5, 0.6) is 0 Å². The first-order valence-corrected chi connectivity index (χ1v) is 9.91. The van der Waals surface area contributed by atoms with Gasteiger partial charge in [-0.25, -0.2) is 4.98 Å². The van der Waals surface area contributed by atoms with Gasteiger partial charge >= 0.3 is 0 Å². The average molecular weight is 374 g/mol. The number of fused-ring (bicyclic) bond motifs is 1. The van der Waals surface area contributed by atoms with E-state index in [0.717, 1.165) is 28.0 Å². The number of benzene rings is 4. The molecule has 140 valence electrons. The Morgan fingerprint density at radius 2 is 1.10 bits per heavy atom. The topological polar surface area (TPSA) is 28.7 Å². The van der Waals surface area contributed by atoms with Crippen molar-refractivity contribution in [3.63, 3.8) is 0 Å². The van der Waals surface area contributed by atoms with Gasteiger partial charge in [0.05, 0.1) is 11.0 Å². The monoisotopic (exact) mass is 374 g/mol. The van der Waals surface area contributed by atoms with Crippen LogP contribution in [0.3, 0.4) is 0 Å². The fourth-order valence-electron chi connectivity index (χ4n) is 3.76. The van der Waals surface area contributed by atoms with Crippen molar-refractivity contribution >= 4 is 11.0 Å². The predicted octanol–water partition coefficient (Wildman–Crippen LogP) is 7.18. The zero-order valence-electron chi connectivity index (χ0n) is 16.6. The van der Waals surface area contributed by atoms with E-state index >= 15 is 0 Å². The number of hydrogen-bond donors (Lipinski definition) is 1. The molecular weight excluding hydrogens is 352 g/mol. The molecule has 0 spiro atoms. The summed E-state index contributed by atoms with van der Waals surface area (Å²) in [5.41, 5.74) is 10.4. The summed E-state index contributed by atoms with van der Waals surface area (Å²) in [6, 6.07) is 32.0. The fraction of sp³-hybridized carbons (Fsp3) is 0.0741. The first kappa shape index (κ1) is 17.4. The largest absolute Gasteiger partial charge is 0.337 e. The fourth-order valence-corrected chi connectivity index (χ4v) is 3.76. The molecule has 1 aromatic heterocycles. The second-order valence-electron chi connectivity index (χ2n) is 7.57. The lowest BCUT2D eigenvalue weighted by Gasteiger charge is -2.08. The summed E-state index contributed by atoms with van der Waals surface area (Å²) in [4.78, 5) is 8.63. The lowest BCUT2D eigenvalue weighted by molar-refractivity contribution is 1.34. The molecule has 0 aliphatic rings. The van der Waals surface area contributed by atoms with Crippen LogP contribution in [0.2, 0.25) is 0 Å². The summed E-state index contributed by atoms with van der Waals surface area (Å²) in [5, 5.41) is 0.